The summed E-state index contributed by atoms with van der Waals surface area (Å²) >= 11 is 6.13. The Kier molecular flexibility index (Phi) is 6.35. The molecule has 0 bridgehead atoms. The largest absolute Gasteiger partial charge is 0.466 e. The highest BCUT2D eigenvalue weighted by Crippen LogP contribution is 2.36. The topological polar surface area (TPSA) is 59.5 Å². The Morgan fingerprint density at radius 1 is 1.25 bits per heavy atom. The van der Waals surface area contributed by atoms with Crippen LogP contribution in [0.15, 0.2) is 42.5 Å². The lowest BCUT2D eigenvalue weighted by Gasteiger charge is -2.41. The molecular formula is C22H25ClN2O3. The first-order chi connectivity index (χ1) is 13.4. The van der Waals surface area contributed by atoms with Crippen molar-refractivity contribution in [2.75, 3.05) is 19.7 Å². The maximum Gasteiger partial charge on any atom is 0.314 e. The summed E-state index contributed by atoms with van der Waals surface area (Å²) in [7, 11) is 0. The van der Waals surface area contributed by atoms with E-state index in [-0.39, 0.29) is 11.9 Å². The predicted molar refractivity (Wildman–Crippen MR) is 108 cm³/mol. The molecule has 0 radical (unpaired) electrons. The fraction of sp³-hybridized carbons (Fsp3) is 0.409. The van der Waals surface area contributed by atoms with Crippen LogP contribution < -0.4 is 0 Å². The van der Waals surface area contributed by atoms with Crippen LogP contribution in [0.4, 0.5) is 0 Å². The highest BCUT2D eigenvalue weighted by atomic mass is 35.5. The predicted octanol–water partition coefficient (Wildman–Crippen LogP) is 4.07. The first-order valence-corrected chi connectivity index (χ1v) is 9.96. The summed E-state index contributed by atoms with van der Waals surface area (Å²) in [5, 5.41) is 0.629. The minimum atomic E-state index is -0.779. The summed E-state index contributed by atoms with van der Waals surface area (Å²) in [5.74, 6) is -0.409. The van der Waals surface area contributed by atoms with E-state index >= 15 is 0 Å². The number of pyridine rings is 1. The van der Waals surface area contributed by atoms with E-state index in [9.17, 15) is 9.59 Å². The minimum Gasteiger partial charge on any atom is -0.466 e. The van der Waals surface area contributed by atoms with Crippen molar-refractivity contribution in [3.8, 4) is 0 Å². The second-order valence-electron chi connectivity index (χ2n) is 7.30. The Morgan fingerprint density at radius 2 is 2.04 bits per heavy atom. The van der Waals surface area contributed by atoms with Gasteiger partial charge in [0.2, 0.25) is 0 Å². The number of amides is 1. The molecule has 148 valence electrons. The number of carbonyl (C=O) groups is 2. The van der Waals surface area contributed by atoms with Crippen molar-refractivity contribution in [1.82, 2.24) is 9.88 Å². The Hall–Kier alpha value is -2.40. The molecule has 3 rings (SSSR count). The van der Waals surface area contributed by atoms with Crippen LogP contribution in [0.1, 0.15) is 41.5 Å². The van der Waals surface area contributed by atoms with E-state index < -0.39 is 5.41 Å². The van der Waals surface area contributed by atoms with Crippen LogP contribution >= 0.6 is 11.6 Å². The van der Waals surface area contributed by atoms with Crippen molar-refractivity contribution in [3.63, 3.8) is 0 Å². The highest BCUT2D eigenvalue weighted by molar-refractivity contribution is 6.30. The van der Waals surface area contributed by atoms with Crippen molar-refractivity contribution in [2.45, 2.75) is 33.1 Å². The molecule has 2 heterocycles. The van der Waals surface area contributed by atoms with Gasteiger partial charge in [-0.3, -0.25) is 9.59 Å². The van der Waals surface area contributed by atoms with Gasteiger partial charge in [-0.15, -0.1) is 0 Å². The molecule has 6 heteroatoms. The Labute approximate surface area is 170 Å². The van der Waals surface area contributed by atoms with Crippen molar-refractivity contribution in [1.29, 1.82) is 0 Å². The van der Waals surface area contributed by atoms with Gasteiger partial charge in [-0.2, -0.15) is 0 Å². The van der Waals surface area contributed by atoms with Crippen LogP contribution in [0, 0.1) is 12.3 Å². The van der Waals surface area contributed by atoms with E-state index in [1.165, 1.54) is 0 Å². The Morgan fingerprint density at radius 3 is 2.75 bits per heavy atom. The number of nitrogens with zero attached hydrogens (tertiary/aromatic N) is 2. The van der Waals surface area contributed by atoms with Gasteiger partial charge in [-0.1, -0.05) is 29.8 Å². The molecule has 0 saturated carbocycles. The lowest BCUT2D eigenvalue weighted by molar-refractivity contribution is -0.158. The fourth-order valence-electron chi connectivity index (χ4n) is 3.83. The fourth-order valence-corrected chi connectivity index (χ4v) is 4.05. The monoisotopic (exact) mass is 400 g/mol. The number of halogens is 1. The summed E-state index contributed by atoms with van der Waals surface area (Å²) in [6.45, 7) is 4.88. The molecule has 0 spiro atoms. The first kappa shape index (κ1) is 20.3. The lowest BCUT2D eigenvalue weighted by Crippen LogP contribution is -2.51. The third-order valence-electron chi connectivity index (χ3n) is 5.11. The summed E-state index contributed by atoms with van der Waals surface area (Å²) in [6.07, 6.45) is 1.89. The molecule has 1 saturated heterocycles. The molecule has 1 amide bonds. The molecule has 0 N–H and O–H groups in total. The molecule has 0 unspecified atom stereocenters. The van der Waals surface area contributed by atoms with Gasteiger partial charge >= 0.3 is 5.97 Å². The number of piperidine rings is 1. The molecule has 2 aromatic rings. The average molecular weight is 401 g/mol. The Bertz CT molecular complexity index is 870. The minimum absolute atomic E-state index is 0.150. The molecule has 1 aromatic carbocycles. The van der Waals surface area contributed by atoms with Crippen molar-refractivity contribution >= 4 is 23.5 Å². The van der Waals surface area contributed by atoms with E-state index in [4.69, 9.17) is 16.3 Å². The van der Waals surface area contributed by atoms with E-state index in [1.54, 1.807) is 17.9 Å². The van der Waals surface area contributed by atoms with E-state index in [0.29, 0.717) is 43.3 Å². The summed E-state index contributed by atoms with van der Waals surface area (Å²) in [5.41, 5.74) is 1.38. The van der Waals surface area contributed by atoms with Gasteiger partial charge < -0.3 is 9.64 Å². The quantitative estimate of drug-likeness (QED) is 0.710. The summed E-state index contributed by atoms with van der Waals surface area (Å²) < 4.78 is 5.41. The summed E-state index contributed by atoms with van der Waals surface area (Å²) in [4.78, 5) is 32.1. The molecule has 1 aliphatic heterocycles. The molecule has 1 aromatic heterocycles. The normalized spacial score (nSPS) is 19.3. The number of esters is 1. The Balaban J connectivity index is 1.88. The van der Waals surface area contributed by atoms with E-state index in [0.717, 1.165) is 17.7 Å². The number of hydrogen-bond acceptors (Lipinski definition) is 4. The zero-order valence-corrected chi connectivity index (χ0v) is 17.0. The smallest absolute Gasteiger partial charge is 0.314 e. The molecule has 1 fully saturated rings. The second-order valence-corrected chi connectivity index (χ2v) is 7.74. The number of hydrogen-bond donors (Lipinski definition) is 0. The zero-order valence-electron chi connectivity index (χ0n) is 16.3. The van der Waals surface area contributed by atoms with Crippen molar-refractivity contribution < 1.29 is 14.3 Å². The van der Waals surface area contributed by atoms with Gasteiger partial charge in [-0.05, 0) is 62.9 Å². The number of likely N-dealkylation sites (tertiary alicyclic amines) is 1. The number of ether oxygens (including phenoxy) is 1. The van der Waals surface area contributed by atoms with Crippen molar-refractivity contribution in [2.24, 2.45) is 5.41 Å². The molecular weight excluding hydrogens is 376 g/mol. The van der Waals surface area contributed by atoms with Crippen LogP contribution in [0.25, 0.3) is 0 Å². The number of carbonyl (C=O) groups excluding carboxylic acids is 2. The van der Waals surface area contributed by atoms with E-state index in [2.05, 4.69) is 4.98 Å². The van der Waals surface area contributed by atoms with E-state index in [1.807, 2.05) is 43.3 Å². The van der Waals surface area contributed by atoms with Gasteiger partial charge in [0.15, 0.2) is 0 Å². The van der Waals surface area contributed by atoms with Crippen LogP contribution in [0.5, 0.6) is 0 Å². The van der Waals surface area contributed by atoms with Gasteiger partial charge in [0.25, 0.3) is 5.91 Å². The molecule has 28 heavy (non-hydrogen) atoms. The molecule has 0 aliphatic carbocycles. The highest BCUT2D eigenvalue weighted by Gasteiger charge is 2.45. The number of rotatable bonds is 5. The standard InChI is InChI=1S/C22H25ClN2O3/c1-3-28-21(27)22(14-17-8-5-9-18(23)13-17)11-6-12-25(15-22)20(26)19-10-4-7-16(2)24-19/h4-5,7-10,13H,3,6,11-12,14-15H2,1-2H3/t22-/m0/s1. The van der Waals surface area contributed by atoms with Gasteiger partial charge in [0.05, 0.1) is 12.0 Å². The van der Waals surface area contributed by atoms with Crippen LogP contribution in [0.2, 0.25) is 5.02 Å². The summed E-state index contributed by atoms with van der Waals surface area (Å²) in [6, 6.07) is 12.9. The van der Waals surface area contributed by atoms with Crippen molar-refractivity contribution in [3.05, 3.63) is 64.4 Å². The molecule has 5 nitrogen and oxygen atoms in total. The number of aromatic nitrogens is 1. The van der Waals surface area contributed by atoms with Crippen LogP contribution in [-0.2, 0) is 16.0 Å². The maximum atomic E-state index is 13.0. The zero-order chi connectivity index (χ0) is 20.1. The average Bonchev–Trinajstić information content (AvgIpc) is 2.68. The molecule has 1 aliphatic rings. The maximum absolute atomic E-state index is 13.0. The van der Waals surface area contributed by atoms with Crippen LogP contribution in [0.3, 0.4) is 0 Å². The van der Waals surface area contributed by atoms with Crippen LogP contribution in [-0.4, -0.2) is 41.5 Å². The lowest BCUT2D eigenvalue weighted by atomic mass is 9.75. The van der Waals surface area contributed by atoms with Gasteiger partial charge in [-0.25, -0.2) is 4.98 Å². The SMILES string of the molecule is CCOC(=O)[C@]1(Cc2cccc(Cl)c2)CCCN(C(=O)c2cccc(C)n2)C1. The second kappa shape index (κ2) is 8.74. The first-order valence-electron chi connectivity index (χ1n) is 9.58. The number of benzene rings is 1. The third-order valence-corrected chi connectivity index (χ3v) is 5.35. The third kappa shape index (κ3) is 4.53. The molecule has 1 atom stereocenters. The van der Waals surface area contributed by atoms with Gasteiger partial charge in [0.1, 0.15) is 5.69 Å². The number of aryl methyl sites for hydroxylation is 1. The van der Waals surface area contributed by atoms with Gasteiger partial charge in [0, 0.05) is 23.8 Å².